The number of anilines is 1. The van der Waals surface area contributed by atoms with Crippen molar-refractivity contribution in [2.24, 2.45) is 0 Å². The third-order valence-corrected chi connectivity index (χ3v) is 2.52. The molecule has 0 aromatic heterocycles. The van der Waals surface area contributed by atoms with Gasteiger partial charge in [-0.3, -0.25) is 0 Å². The molecular weight excluding hydrogens is 231 g/mol. The molecule has 0 unspecified atom stereocenters. The van der Waals surface area contributed by atoms with Crippen LogP contribution in [-0.4, -0.2) is 0 Å². The summed E-state index contributed by atoms with van der Waals surface area (Å²) in [5.41, 5.74) is 6.96. The van der Waals surface area contributed by atoms with Gasteiger partial charge in [-0.05, 0) is 30.7 Å². The lowest BCUT2D eigenvalue weighted by Crippen LogP contribution is -1.94. The van der Waals surface area contributed by atoms with Crippen molar-refractivity contribution in [3.63, 3.8) is 0 Å². The maximum atomic E-state index is 13.4. The first-order valence-electron chi connectivity index (χ1n) is 5.34. The van der Waals surface area contributed by atoms with E-state index in [1.165, 1.54) is 12.1 Å². The molecule has 0 saturated heterocycles. The fraction of sp³-hybridized carbons (Fsp3) is 0.0714. The Morgan fingerprint density at radius 2 is 2.00 bits per heavy atom. The van der Waals surface area contributed by atoms with E-state index in [1.807, 2.05) is 6.92 Å². The Morgan fingerprint density at radius 1 is 1.22 bits per heavy atom. The zero-order valence-corrected chi connectivity index (χ0v) is 9.77. The highest BCUT2D eigenvalue weighted by molar-refractivity contribution is 5.52. The fourth-order valence-corrected chi connectivity index (χ4v) is 1.54. The second kappa shape index (κ2) is 4.76. The maximum Gasteiger partial charge on any atom is 0.148 e. The highest BCUT2D eigenvalue weighted by Gasteiger charge is 2.11. The Morgan fingerprint density at radius 3 is 2.72 bits per heavy atom. The summed E-state index contributed by atoms with van der Waals surface area (Å²) in [6, 6.07) is 11.2. The Bertz CT molecular complexity index is 632. The molecule has 90 valence electrons. The van der Waals surface area contributed by atoms with Gasteiger partial charge in [0.2, 0.25) is 0 Å². The molecule has 0 bridgehead atoms. The molecule has 2 N–H and O–H groups in total. The first kappa shape index (κ1) is 11.9. The first-order chi connectivity index (χ1) is 8.61. The molecule has 2 aromatic carbocycles. The van der Waals surface area contributed by atoms with Crippen LogP contribution in [0.2, 0.25) is 0 Å². The predicted molar refractivity (Wildman–Crippen MR) is 66.8 cm³/mol. The highest BCUT2D eigenvalue weighted by Crippen LogP contribution is 2.30. The molecule has 0 spiro atoms. The standard InChI is InChI=1S/C14H11FN2O/c1-9-5-6-10(17)7-14(9)18-13-4-2-3-12(15)11(13)8-16/h2-7H,17H2,1H3. The van der Waals surface area contributed by atoms with E-state index in [2.05, 4.69) is 0 Å². The topological polar surface area (TPSA) is 59.0 Å². The second-order valence-electron chi connectivity index (χ2n) is 3.85. The van der Waals surface area contributed by atoms with Gasteiger partial charge >= 0.3 is 0 Å². The normalized spacial score (nSPS) is 9.83. The van der Waals surface area contributed by atoms with Crippen molar-refractivity contribution in [3.8, 4) is 17.6 Å². The van der Waals surface area contributed by atoms with E-state index in [9.17, 15) is 4.39 Å². The third-order valence-electron chi connectivity index (χ3n) is 2.52. The molecule has 0 aliphatic carbocycles. The second-order valence-corrected chi connectivity index (χ2v) is 3.85. The lowest BCUT2D eigenvalue weighted by Gasteiger charge is -2.10. The van der Waals surface area contributed by atoms with Gasteiger partial charge in [0.25, 0.3) is 0 Å². The molecular formula is C14H11FN2O. The molecule has 0 radical (unpaired) electrons. The molecule has 2 rings (SSSR count). The van der Waals surface area contributed by atoms with Crippen molar-refractivity contribution in [1.82, 2.24) is 0 Å². The monoisotopic (exact) mass is 242 g/mol. The van der Waals surface area contributed by atoms with Crippen LogP contribution in [0.4, 0.5) is 10.1 Å². The molecule has 0 amide bonds. The van der Waals surface area contributed by atoms with Gasteiger partial charge in [0.15, 0.2) is 0 Å². The van der Waals surface area contributed by atoms with Gasteiger partial charge in [0.1, 0.15) is 28.9 Å². The number of nitrogen functional groups attached to an aromatic ring is 1. The molecule has 3 nitrogen and oxygen atoms in total. The molecule has 4 heteroatoms. The van der Waals surface area contributed by atoms with Crippen LogP contribution in [0.1, 0.15) is 11.1 Å². The van der Waals surface area contributed by atoms with Gasteiger partial charge in [-0.2, -0.15) is 5.26 Å². The number of benzene rings is 2. The highest BCUT2D eigenvalue weighted by atomic mass is 19.1. The number of halogens is 1. The van der Waals surface area contributed by atoms with Crippen LogP contribution < -0.4 is 10.5 Å². The van der Waals surface area contributed by atoms with E-state index in [0.717, 1.165) is 5.56 Å². The predicted octanol–water partition coefficient (Wildman–Crippen LogP) is 3.38. The number of rotatable bonds is 2. The van der Waals surface area contributed by atoms with Crippen LogP contribution in [0.15, 0.2) is 36.4 Å². The number of nitrogens with two attached hydrogens (primary N) is 1. The van der Waals surface area contributed by atoms with Gasteiger partial charge in [-0.15, -0.1) is 0 Å². The lowest BCUT2D eigenvalue weighted by atomic mass is 10.2. The molecule has 0 saturated carbocycles. The van der Waals surface area contributed by atoms with Crippen LogP contribution in [0.3, 0.4) is 0 Å². The summed E-state index contributed by atoms with van der Waals surface area (Å²) in [6.07, 6.45) is 0. The largest absolute Gasteiger partial charge is 0.456 e. The average Bonchev–Trinajstić information content (AvgIpc) is 2.34. The molecule has 0 aliphatic rings. The number of hydrogen-bond donors (Lipinski definition) is 1. The Kier molecular flexibility index (Phi) is 3.16. The van der Waals surface area contributed by atoms with Crippen molar-refractivity contribution in [2.45, 2.75) is 6.92 Å². The summed E-state index contributed by atoms with van der Waals surface area (Å²) in [5.74, 6) is 0.0971. The van der Waals surface area contributed by atoms with E-state index in [1.54, 1.807) is 30.3 Å². The number of aryl methyl sites for hydroxylation is 1. The number of nitriles is 1. The van der Waals surface area contributed by atoms with E-state index in [-0.39, 0.29) is 11.3 Å². The summed E-state index contributed by atoms with van der Waals surface area (Å²) < 4.78 is 19.0. The minimum atomic E-state index is -0.600. The van der Waals surface area contributed by atoms with E-state index in [0.29, 0.717) is 11.4 Å². The smallest absolute Gasteiger partial charge is 0.148 e. The lowest BCUT2D eigenvalue weighted by molar-refractivity contribution is 0.471. The average molecular weight is 242 g/mol. The third kappa shape index (κ3) is 2.25. The zero-order chi connectivity index (χ0) is 13.1. The minimum Gasteiger partial charge on any atom is -0.456 e. The van der Waals surface area contributed by atoms with Crippen LogP contribution in [0, 0.1) is 24.1 Å². The van der Waals surface area contributed by atoms with Crippen LogP contribution in [0.25, 0.3) is 0 Å². The fourth-order valence-electron chi connectivity index (χ4n) is 1.54. The van der Waals surface area contributed by atoms with E-state index in [4.69, 9.17) is 15.7 Å². The maximum absolute atomic E-state index is 13.4. The van der Waals surface area contributed by atoms with Gasteiger partial charge in [-0.1, -0.05) is 12.1 Å². The minimum absolute atomic E-state index is 0.112. The SMILES string of the molecule is Cc1ccc(N)cc1Oc1cccc(F)c1C#N. The Balaban J connectivity index is 2.44. The molecule has 0 fully saturated rings. The molecule has 0 heterocycles. The number of ether oxygens (including phenoxy) is 1. The van der Waals surface area contributed by atoms with E-state index < -0.39 is 5.82 Å². The van der Waals surface area contributed by atoms with Crippen LogP contribution >= 0.6 is 0 Å². The molecule has 2 aromatic rings. The van der Waals surface area contributed by atoms with E-state index >= 15 is 0 Å². The summed E-state index contributed by atoms with van der Waals surface area (Å²) in [6.45, 7) is 1.85. The van der Waals surface area contributed by atoms with Gasteiger partial charge in [0, 0.05) is 11.8 Å². The van der Waals surface area contributed by atoms with Crippen LogP contribution in [0.5, 0.6) is 11.5 Å². The first-order valence-corrected chi connectivity index (χ1v) is 5.34. The van der Waals surface area contributed by atoms with Gasteiger partial charge < -0.3 is 10.5 Å². The number of nitrogens with zero attached hydrogens (tertiary/aromatic N) is 1. The molecule has 18 heavy (non-hydrogen) atoms. The number of hydrogen-bond acceptors (Lipinski definition) is 3. The zero-order valence-electron chi connectivity index (χ0n) is 9.77. The van der Waals surface area contributed by atoms with Crippen molar-refractivity contribution in [1.29, 1.82) is 5.26 Å². The summed E-state index contributed by atoms with van der Waals surface area (Å²) in [5, 5.41) is 8.91. The van der Waals surface area contributed by atoms with Crippen molar-refractivity contribution >= 4 is 5.69 Å². The van der Waals surface area contributed by atoms with Crippen molar-refractivity contribution in [3.05, 3.63) is 53.3 Å². The molecule has 0 aliphatic heterocycles. The summed E-state index contributed by atoms with van der Waals surface area (Å²) >= 11 is 0. The van der Waals surface area contributed by atoms with Crippen LogP contribution in [-0.2, 0) is 0 Å². The van der Waals surface area contributed by atoms with Crippen molar-refractivity contribution in [2.75, 3.05) is 5.73 Å². The quantitative estimate of drug-likeness (QED) is 0.821. The summed E-state index contributed by atoms with van der Waals surface area (Å²) in [7, 11) is 0. The van der Waals surface area contributed by atoms with Gasteiger partial charge in [-0.25, -0.2) is 4.39 Å². The Hall–Kier alpha value is -2.54. The van der Waals surface area contributed by atoms with Gasteiger partial charge in [0.05, 0.1) is 0 Å². The molecule has 0 atom stereocenters. The summed E-state index contributed by atoms with van der Waals surface area (Å²) in [4.78, 5) is 0. The Labute approximate surface area is 104 Å². The van der Waals surface area contributed by atoms with Crippen molar-refractivity contribution < 1.29 is 9.13 Å².